The van der Waals surface area contributed by atoms with Crippen LogP contribution in [0.15, 0.2) is 35.1 Å². The van der Waals surface area contributed by atoms with Gasteiger partial charge in [0.05, 0.1) is 17.4 Å². The second-order valence-corrected chi connectivity index (χ2v) is 8.52. The van der Waals surface area contributed by atoms with Crippen LogP contribution in [0.4, 0.5) is 0 Å². The van der Waals surface area contributed by atoms with Gasteiger partial charge in [-0.25, -0.2) is 9.59 Å². The maximum atomic E-state index is 12.9. The molecule has 32 heavy (non-hydrogen) atoms. The molecule has 1 saturated heterocycles. The summed E-state index contributed by atoms with van der Waals surface area (Å²) in [5.74, 6) is -4.01. The first kappa shape index (κ1) is 24.0. The summed E-state index contributed by atoms with van der Waals surface area (Å²) in [6.45, 7) is 5.67. The van der Waals surface area contributed by atoms with Crippen LogP contribution in [0.3, 0.4) is 0 Å². The first-order chi connectivity index (χ1) is 14.9. The van der Waals surface area contributed by atoms with Crippen LogP contribution >= 0.6 is 11.6 Å². The number of rotatable bonds is 5. The fourth-order valence-electron chi connectivity index (χ4n) is 4.04. The van der Waals surface area contributed by atoms with Crippen molar-refractivity contribution in [3.8, 4) is 0 Å². The zero-order valence-electron chi connectivity index (χ0n) is 18.2. The molecule has 0 aromatic rings. The van der Waals surface area contributed by atoms with Crippen molar-refractivity contribution in [2.75, 3.05) is 12.5 Å². The number of fused-ring (bicyclic) bond motifs is 3. The fourth-order valence-corrected chi connectivity index (χ4v) is 4.33. The molecule has 9 nitrogen and oxygen atoms in total. The van der Waals surface area contributed by atoms with E-state index in [9.17, 15) is 24.3 Å². The van der Waals surface area contributed by atoms with Crippen LogP contribution < -0.4 is 0 Å². The lowest BCUT2D eigenvalue weighted by Crippen LogP contribution is -2.53. The summed E-state index contributed by atoms with van der Waals surface area (Å²) >= 11 is 5.96. The molecule has 2 bridgehead atoms. The van der Waals surface area contributed by atoms with Crippen LogP contribution in [-0.2, 0) is 38.1 Å². The molecule has 10 heteroatoms. The maximum Gasteiger partial charge on any atom is 0.340 e. The predicted octanol–water partition coefficient (Wildman–Crippen LogP) is 1.51. The van der Waals surface area contributed by atoms with Gasteiger partial charge in [0.25, 0.3) is 0 Å². The first-order valence-electron chi connectivity index (χ1n) is 10.1. The van der Waals surface area contributed by atoms with E-state index in [1.165, 1.54) is 19.1 Å². The number of hydrogen-bond acceptors (Lipinski definition) is 9. The van der Waals surface area contributed by atoms with Crippen molar-refractivity contribution in [1.82, 2.24) is 0 Å². The Morgan fingerprint density at radius 2 is 2.06 bits per heavy atom. The fraction of sp³-hybridized carbons (Fsp3) is 0.545. The average molecular weight is 469 g/mol. The predicted molar refractivity (Wildman–Crippen MR) is 110 cm³/mol. The molecule has 0 aromatic heterocycles. The van der Waals surface area contributed by atoms with Crippen molar-refractivity contribution in [1.29, 1.82) is 0 Å². The highest BCUT2D eigenvalue weighted by molar-refractivity contribution is 6.20. The van der Waals surface area contributed by atoms with E-state index in [0.29, 0.717) is 11.3 Å². The summed E-state index contributed by atoms with van der Waals surface area (Å²) in [7, 11) is 0. The molecule has 0 aromatic carbocycles. The summed E-state index contributed by atoms with van der Waals surface area (Å²) in [6, 6.07) is 0. The van der Waals surface area contributed by atoms with E-state index in [1.807, 2.05) is 0 Å². The molecule has 0 spiro atoms. The number of aliphatic hydroxyl groups is 1. The SMILES string of the molecule is C/C=C(\COC(C)=O)C(=O)O[C@@H]1C[C@@]2(C)OC(=CC2=O)/C(C)=C\[C@H]2OC(=O)[C@](O)(CCl)[C@@H]21. The third-order valence-corrected chi connectivity index (χ3v) is 6.33. The number of carbonyl (C=O) groups is 4. The molecule has 3 aliphatic rings. The summed E-state index contributed by atoms with van der Waals surface area (Å²) < 4.78 is 21.8. The summed E-state index contributed by atoms with van der Waals surface area (Å²) in [5, 5.41) is 11.1. The Morgan fingerprint density at radius 1 is 1.38 bits per heavy atom. The lowest BCUT2D eigenvalue weighted by atomic mass is 9.77. The molecule has 3 aliphatic heterocycles. The highest BCUT2D eigenvalue weighted by Gasteiger charge is 2.62. The van der Waals surface area contributed by atoms with E-state index in [1.54, 1.807) is 26.8 Å². The van der Waals surface area contributed by atoms with Gasteiger partial charge in [-0.3, -0.25) is 9.59 Å². The molecule has 174 valence electrons. The molecule has 1 fully saturated rings. The lowest BCUT2D eigenvalue weighted by Gasteiger charge is -2.35. The van der Waals surface area contributed by atoms with Crippen molar-refractivity contribution in [3.63, 3.8) is 0 Å². The second kappa shape index (κ2) is 8.71. The standard InChI is InChI=1S/C22H25ClO9/c1-5-13(9-29-12(3)24)19(26)30-16-8-21(4)17(25)7-14(32-21)11(2)6-15-18(16)22(28,10-23)20(27)31-15/h5-7,15-16,18,28H,8-10H2,1-4H3/b11-6-,13-5+/t15-,16-,18+,21-,22+/m1/s1. The molecule has 1 N–H and O–H groups in total. The Morgan fingerprint density at radius 3 is 2.66 bits per heavy atom. The minimum Gasteiger partial charge on any atom is -0.479 e. The molecule has 0 amide bonds. The third-order valence-electron chi connectivity index (χ3n) is 5.92. The zero-order chi connectivity index (χ0) is 23.8. The van der Waals surface area contributed by atoms with E-state index in [4.69, 9.17) is 30.5 Å². The van der Waals surface area contributed by atoms with Crippen molar-refractivity contribution in [3.05, 3.63) is 35.1 Å². The molecule has 5 atom stereocenters. The zero-order valence-corrected chi connectivity index (χ0v) is 18.9. The van der Waals surface area contributed by atoms with Crippen molar-refractivity contribution in [2.45, 2.75) is 57.5 Å². The minimum atomic E-state index is -2.16. The molecule has 0 saturated carbocycles. The molecule has 0 unspecified atom stereocenters. The monoisotopic (exact) mass is 468 g/mol. The third kappa shape index (κ3) is 4.19. The number of ketones is 1. The van der Waals surface area contributed by atoms with Crippen LogP contribution in [0.1, 0.15) is 34.1 Å². The molecule has 0 aliphatic carbocycles. The van der Waals surface area contributed by atoms with Crippen LogP contribution in [0.5, 0.6) is 0 Å². The Bertz CT molecular complexity index is 949. The topological polar surface area (TPSA) is 125 Å². The number of halogens is 1. The summed E-state index contributed by atoms with van der Waals surface area (Å²) in [6.07, 6.45) is 1.96. The van der Waals surface area contributed by atoms with E-state index in [2.05, 4.69) is 0 Å². The van der Waals surface area contributed by atoms with Crippen LogP contribution in [0.2, 0.25) is 0 Å². The van der Waals surface area contributed by atoms with Gasteiger partial charge in [0, 0.05) is 19.4 Å². The number of carbonyl (C=O) groups excluding carboxylic acids is 4. The number of ether oxygens (including phenoxy) is 4. The van der Waals surface area contributed by atoms with E-state index >= 15 is 0 Å². The summed E-state index contributed by atoms with van der Waals surface area (Å²) in [5.41, 5.74) is -2.97. The van der Waals surface area contributed by atoms with Gasteiger partial charge < -0.3 is 24.1 Å². The van der Waals surface area contributed by atoms with Gasteiger partial charge in [-0.15, -0.1) is 11.6 Å². The quantitative estimate of drug-likeness (QED) is 0.276. The van der Waals surface area contributed by atoms with Gasteiger partial charge in [-0.05, 0) is 32.4 Å². The van der Waals surface area contributed by atoms with Crippen molar-refractivity contribution >= 4 is 35.3 Å². The maximum absolute atomic E-state index is 12.9. The Balaban J connectivity index is 2.02. The largest absolute Gasteiger partial charge is 0.479 e. The Kier molecular flexibility index (Phi) is 6.53. The normalized spacial score (nSPS) is 35.8. The Labute approximate surface area is 190 Å². The van der Waals surface area contributed by atoms with Crippen molar-refractivity contribution in [2.24, 2.45) is 5.92 Å². The van der Waals surface area contributed by atoms with Crippen molar-refractivity contribution < 1.29 is 43.2 Å². The number of alkyl halides is 1. The minimum absolute atomic E-state index is 0.0469. The summed E-state index contributed by atoms with van der Waals surface area (Å²) in [4.78, 5) is 49.2. The van der Waals surface area contributed by atoms with Gasteiger partial charge in [-0.2, -0.15) is 0 Å². The number of allylic oxidation sites excluding steroid dienone is 2. The average Bonchev–Trinajstić information content (AvgIpc) is 3.15. The van der Waals surface area contributed by atoms with E-state index in [-0.39, 0.29) is 24.4 Å². The second-order valence-electron chi connectivity index (χ2n) is 8.25. The lowest BCUT2D eigenvalue weighted by molar-refractivity contribution is -0.163. The van der Waals surface area contributed by atoms with Crippen LogP contribution in [0, 0.1) is 5.92 Å². The highest BCUT2D eigenvalue weighted by Crippen LogP contribution is 2.45. The van der Waals surface area contributed by atoms with Crippen LogP contribution in [-0.4, -0.2) is 64.7 Å². The highest BCUT2D eigenvalue weighted by atomic mass is 35.5. The van der Waals surface area contributed by atoms with Gasteiger partial charge >= 0.3 is 17.9 Å². The first-order valence-corrected chi connectivity index (χ1v) is 10.6. The molecular formula is C22H25ClO9. The molecule has 3 rings (SSSR count). The number of hydrogen-bond donors (Lipinski definition) is 1. The van der Waals surface area contributed by atoms with Gasteiger partial charge in [0.2, 0.25) is 5.78 Å². The number of esters is 3. The Hall–Kier alpha value is -2.65. The van der Waals surface area contributed by atoms with Gasteiger partial charge in [0.1, 0.15) is 24.6 Å². The molecule has 0 radical (unpaired) electrons. The van der Waals surface area contributed by atoms with E-state index < -0.39 is 53.1 Å². The molecular weight excluding hydrogens is 444 g/mol. The van der Waals surface area contributed by atoms with Crippen LogP contribution in [0.25, 0.3) is 0 Å². The molecule has 3 heterocycles. The smallest absolute Gasteiger partial charge is 0.340 e. The van der Waals surface area contributed by atoms with Gasteiger partial charge in [0.15, 0.2) is 11.2 Å². The van der Waals surface area contributed by atoms with E-state index in [0.717, 1.165) is 0 Å². The van der Waals surface area contributed by atoms with Gasteiger partial charge in [-0.1, -0.05) is 6.08 Å².